The fourth-order valence-electron chi connectivity index (χ4n) is 2.51. The van der Waals surface area contributed by atoms with Gasteiger partial charge in [-0.15, -0.1) is 0 Å². The Balaban J connectivity index is 1.78. The van der Waals surface area contributed by atoms with Gasteiger partial charge >= 0.3 is 0 Å². The summed E-state index contributed by atoms with van der Waals surface area (Å²) in [5.41, 5.74) is 2.27. The van der Waals surface area contributed by atoms with Crippen LogP contribution in [0.4, 0.5) is 0 Å². The van der Waals surface area contributed by atoms with Crippen LogP contribution in [-0.2, 0) is 0 Å². The van der Waals surface area contributed by atoms with Crippen LogP contribution >= 0.6 is 0 Å². The zero-order valence-electron chi connectivity index (χ0n) is 14.3. The average molecular weight is 337 g/mol. The summed E-state index contributed by atoms with van der Waals surface area (Å²) in [5, 5.41) is 6.88. The molecule has 3 aromatic rings. The molecule has 1 heterocycles. The van der Waals surface area contributed by atoms with E-state index in [-0.39, 0.29) is 5.91 Å². The second-order valence-electron chi connectivity index (χ2n) is 5.67. The van der Waals surface area contributed by atoms with Crippen LogP contribution in [0.1, 0.15) is 34.8 Å². The Bertz CT molecular complexity index is 889. The number of hydrogen-bond donors (Lipinski definition) is 1. The van der Waals surface area contributed by atoms with E-state index in [2.05, 4.69) is 15.5 Å². The Morgan fingerprint density at radius 2 is 1.88 bits per heavy atom. The molecule has 6 nitrogen and oxygen atoms in total. The average Bonchev–Trinajstić information content (AvgIpc) is 3.12. The first-order valence-corrected chi connectivity index (χ1v) is 7.93. The molecule has 1 aromatic heterocycles. The van der Waals surface area contributed by atoms with E-state index in [4.69, 9.17) is 9.26 Å². The summed E-state index contributed by atoms with van der Waals surface area (Å²) in [6.07, 6.45) is 0. The van der Waals surface area contributed by atoms with Gasteiger partial charge in [0.15, 0.2) is 0 Å². The number of carbonyl (C=O) groups is 1. The van der Waals surface area contributed by atoms with Gasteiger partial charge in [0.1, 0.15) is 11.8 Å². The van der Waals surface area contributed by atoms with Crippen molar-refractivity contribution >= 4 is 5.91 Å². The topological polar surface area (TPSA) is 77.3 Å². The molecule has 2 aromatic carbocycles. The van der Waals surface area contributed by atoms with E-state index in [1.807, 2.05) is 49.4 Å². The Labute approximate surface area is 145 Å². The third kappa shape index (κ3) is 3.52. The fourth-order valence-corrected chi connectivity index (χ4v) is 2.51. The number of methoxy groups -OCH3 is 1. The number of nitrogens with zero attached hydrogens (tertiary/aromatic N) is 2. The van der Waals surface area contributed by atoms with Crippen molar-refractivity contribution in [2.24, 2.45) is 0 Å². The highest BCUT2D eigenvalue weighted by molar-refractivity contribution is 5.95. The predicted octanol–water partition coefficient (Wildman–Crippen LogP) is 3.54. The predicted molar refractivity (Wildman–Crippen MR) is 93.3 cm³/mol. The van der Waals surface area contributed by atoms with E-state index in [9.17, 15) is 4.79 Å². The van der Waals surface area contributed by atoms with Crippen molar-refractivity contribution in [1.29, 1.82) is 0 Å². The first-order chi connectivity index (χ1) is 12.1. The van der Waals surface area contributed by atoms with Crippen LogP contribution in [0.5, 0.6) is 5.75 Å². The van der Waals surface area contributed by atoms with E-state index < -0.39 is 6.04 Å². The van der Waals surface area contributed by atoms with Gasteiger partial charge in [0.2, 0.25) is 11.7 Å². The van der Waals surface area contributed by atoms with Crippen LogP contribution < -0.4 is 10.1 Å². The number of aryl methyl sites for hydroxylation is 1. The van der Waals surface area contributed by atoms with E-state index in [1.165, 1.54) is 0 Å². The third-order valence-corrected chi connectivity index (χ3v) is 3.90. The Kier molecular flexibility index (Phi) is 4.79. The number of carbonyl (C=O) groups excluding carboxylic acids is 1. The first kappa shape index (κ1) is 16.7. The minimum Gasteiger partial charge on any atom is -0.496 e. The van der Waals surface area contributed by atoms with Crippen LogP contribution in [0, 0.1) is 6.92 Å². The van der Waals surface area contributed by atoms with Crippen LogP contribution in [0.15, 0.2) is 53.1 Å². The molecule has 6 heteroatoms. The molecule has 3 rings (SSSR count). The summed E-state index contributed by atoms with van der Waals surface area (Å²) in [6, 6.07) is 14.4. The molecule has 0 spiro atoms. The molecule has 0 fully saturated rings. The molecular weight excluding hydrogens is 318 g/mol. The number of aromatic nitrogens is 2. The summed E-state index contributed by atoms with van der Waals surface area (Å²) in [5.74, 6) is 1.24. The van der Waals surface area contributed by atoms with Gasteiger partial charge in [-0.1, -0.05) is 35.5 Å². The molecule has 128 valence electrons. The second-order valence-corrected chi connectivity index (χ2v) is 5.67. The third-order valence-electron chi connectivity index (χ3n) is 3.90. The monoisotopic (exact) mass is 337 g/mol. The summed E-state index contributed by atoms with van der Waals surface area (Å²) in [6.45, 7) is 3.70. The van der Waals surface area contributed by atoms with Crippen LogP contribution in [0.2, 0.25) is 0 Å². The van der Waals surface area contributed by atoms with E-state index in [0.29, 0.717) is 23.0 Å². The summed E-state index contributed by atoms with van der Waals surface area (Å²) < 4.78 is 10.6. The summed E-state index contributed by atoms with van der Waals surface area (Å²) in [4.78, 5) is 16.8. The molecule has 0 aliphatic carbocycles. The van der Waals surface area contributed by atoms with Crippen LogP contribution in [0.3, 0.4) is 0 Å². The molecule has 1 atom stereocenters. The maximum Gasteiger partial charge on any atom is 0.252 e. The van der Waals surface area contributed by atoms with Gasteiger partial charge in [-0.05, 0) is 37.6 Å². The van der Waals surface area contributed by atoms with Gasteiger partial charge in [0, 0.05) is 5.56 Å². The number of ether oxygens (including phenoxy) is 1. The van der Waals surface area contributed by atoms with Gasteiger partial charge in [-0.3, -0.25) is 4.79 Å². The highest BCUT2D eigenvalue weighted by Gasteiger charge is 2.20. The van der Waals surface area contributed by atoms with E-state index in [1.54, 1.807) is 20.1 Å². The zero-order chi connectivity index (χ0) is 17.8. The lowest BCUT2D eigenvalue weighted by molar-refractivity contribution is 0.0932. The molecule has 1 amide bonds. The maximum absolute atomic E-state index is 12.4. The van der Waals surface area contributed by atoms with Crippen molar-refractivity contribution in [2.45, 2.75) is 19.9 Å². The number of amides is 1. The van der Waals surface area contributed by atoms with Crippen molar-refractivity contribution in [3.8, 4) is 17.1 Å². The van der Waals surface area contributed by atoms with Gasteiger partial charge in [0.25, 0.3) is 5.91 Å². The number of hydrogen-bond acceptors (Lipinski definition) is 5. The largest absolute Gasteiger partial charge is 0.496 e. The van der Waals surface area contributed by atoms with E-state index >= 15 is 0 Å². The second kappa shape index (κ2) is 7.17. The number of para-hydroxylation sites is 1. The number of nitrogens with one attached hydrogen (secondary N) is 1. The maximum atomic E-state index is 12.4. The molecule has 1 unspecified atom stereocenters. The highest BCUT2D eigenvalue weighted by atomic mass is 16.5. The highest BCUT2D eigenvalue weighted by Crippen LogP contribution is 2.28. The molecular formula is C19H19N3O3. The van der Waals surface area contributed by atoms with E-state index in [0.717, 1.165) is 11.1 Å². The molecule has 0 aliphatic heterocycles. The Morgan fingerprint density at radius 3 is 2.64 bits per heavy atom. The lowest BCUT2D eigenvalue weighted by Gasteiger charge is -2.11. The lowest BCUT2D eigenvalue weighted by atomic mass is 10.1. The molecule has 0 saturated carbocycles. The molecule has 0 radical (unpaired) electrons. The number of rotatable bonds is 5. The normalized spacial score (nSPS) is 11.8. The summed E-state index contributed by atoms with van der Waals surface area (Å²) >= 11 is 0. The minimum atomic E-state index is -0.414. The Morgan fingerprint density at radius 1 is 1.16 bits per heavy atom. The fraction of sp³-hybridized carbons (Fsp3) is 0.211. The minimum absolute atomic E-state index is 0.178. The summed E-state index contributed by atoms with van der Waals surface area (Å²) in [7, 11) is 1.59. The molecule has 1 N–H and O–H groups in total. The molecule has 0 saturated heterocycles. The Hall–Kier alpha value is -3.15. The van der Waals surface area contributed by atoms with Crippen molar-refractivity contribution in [3.63, 3.8) is 0 Å². The van der Waals surface area contributed by atoms with Crippen molar-refractivity contribution in [1.82, 2.24) is 15.5 Å². The molecule has 0 bridgehead atoms. The standard InChI is InChI=1S/C19H19N3O3/c1-12-8-4-5-9-14(12)18(23)20-13(2)19-21-17(22-25-19)15-10-6-7-11-16(15)24-3/h4-11,13H,1-3H3,(H,20,23). The first-order valence-electron chi connectivity index (χ1n) is 7.93. The number of benzene rings is 2. The van der Waals surface area contributed by atoms with Crippen molar-refractivity contribution in [3.05, 3.63) is 65.5 Å². The SMILES string of the molecule is COc1ccccc1-c1noc(C(C)NC(=O)c2ccccc2C)n1. The molecule has 0 aliphatic rings. The van der Waals surface area contributed by atoms with Crippen molar-refractivity contribution in [2.75, 3.05) is 7.11 Å². The zero-order valence-corrected chi connectivity index (χ0v) is 14.3. The van der Waals surface area contributed by atoms with Gasteiger partial charge in [-0.2, -0.15) is 4.98 Å². The van der Waals surface area contributed by atoms with Gasteiger partial charge in [0.05, 0.1) is 12.7 Å². The smallest absolute Gasteiger partial charge is 0.252 e. The van der Waals surface area contributed by atoms with Crippen molar-refractivity contribution < 1.29 is 14.1 Å². The van der Waals surface area contributed by atoms with Gasteiger partial charge < -0.3 is 14.6 Å². The molecule has 25 heavy (non-hydrogen) atoms. The van der Waals surface area contributed by atoms with Crippen LogP contribution in [-0.4, -0.2) is 23.2 Å². The quantitative estimate of drug-likeness (QED) is 0.770. The van der Waals surface area contributed by atoms with Gasteiger partial charge in [-0.25, -0.2) is 0 Å². The lowest BCUT2D eigenvalue weighted by Crippen LogP contribution is -2.27. The van der Waals surface area contributed by atoms with Crippen LogP contribution in [0.25, 0.3) is 11.4 Å².